The van der Waals surface area contributed by atoms with E-state index in [1.165, 1.54) is 64.2 Å². The number of hydrogen-bond donors (Lipinski definition) is 9. The van der Waals surface area contributed by atoms with E-state index in [1.54, 1.807) is 6.08 Å². The highest BCUT2D eigenvalue weighted by molar-refractivity contribution is 5.76. The van der Waals surface area contributed by atoms with Crippen LogP contribution in [0, 0.1) is 0 Å². The average Bonchev–Trinajstić information content (AvgIpc) is 3.30. The molecule has 0 aliphatic carbocycles. The van der Waals surface area contributed by atoms with Gasteiger partial charge < -0.3 is 65.1 Å². The Balaban J connectivity index is 1.77. The zero-order valence-electron chi connectivity index (χ0n) is 39.7. The Hall–Kier alpha value is -2.31. The normalized spacial score (nSPS) is 27.5. The number of carbonyl (C=O) groups excluding carboxylic acids is 1. The summed E-state index contributed by atoms with van der Waals surface area (Å²) in [4.78, 5) is 13.1. The van der Waals surface area contributed by atoms with E-state index in [-0.39, 0.29) is 18.9 Å². The lowest BCUT2D eigenvalue weighted by molar-refractivity contribution is -0.359. The molecule has 14 nitrogen and oxygen atoms in total. The van der Waals surface area contributed by atoms with Crippen molar-refractivity contribution in [3.8, 4) is 0 Å². The molecule has 376 valence electrons. The molecule has 65 heavy (non-hydrogen) atoms. The summed E-state index contributed by atoms with van der Waals surface area (Å²) in [6, 6.07) is -0.935. The van der Waals surface area contributed by atoms with Gasteiger partial charge in [0.2, 0.25) is 5.91 Å². The van der Waals surface area contributed by atoms with Crippen molar-refractivity contribution >= 4 is 5.91 Å². The molecule has 2 heterocycles. The number of aliphatic hydroxyl groups is 8. The molecule has 1 amide bonds. The highest BCUT2D eigenvalue weighted by Gasteiger charge is 2.51. The van der Waals surface area contributed by atoms with Gasteiger partial charge in [-0.05, 0) is 64.2 Å². The molecule has 12 unspecified atom stereocenters. The number of unbranched alkanes of at least 4 members (excludes halogenated alkanes) is 16. The molecule has 2 aliphatic heterocycles. The van der Waals surface area contributed by atoms with E-state index in [0.29, 0.717) is 12.8 Å². The van der Waals surface area contributed by atoms with Crippen molar-refractivity contribution in [2.45, 2.75) is 235 Å². The quantitative estimate of drug-likeness (QED) is 0.0248. The van der Waals surface area contributed by atoms with E-state index in [4.69, 9.17) is 18.9 Å². The minimum absolute atomic E-state index is 0.262. The summed E-state index contributed by atoms with van der Waals surface area (Å²) >= 11 is 0. The smallest absolute Gasteiger partial charge is 0.220 e. The molecule has 0 aromatic carbocycles. The lowest BCUT2D eigenvalue weighted by Crippen LogP contribution is -2.65. The Labute approximate surface area is 390 Å². The third-order valence-electron chi connectivity index (χ3n) is 11.9. The lowest BCUT2D eigenvalue weighted by Gasteiger charge is -2.46. The minimum atomic E-state index is -1.79. The molecule has 2 saturated heterocycles. The standard InChI is InChI=1S/C51H89NO13/c1-3-5-7-9-11-13-14-15-16-17-18-19-20-21-22-23-24-25-26-27-29-31-33-35-43(56)52-39(40(55)34-32-30-28-12-10-8-6-4-2)38-62-50-48(61)46(59)49(42(37-54)64-50)65-51-47(60)45(58)44(57)41(36-53)63-51/h10,12,14-15,17-18,20-21,32,34,39-42,44-51,53-55,57-61H,3-9,11,13,16,19,22-31,33,35-38H2,1-2H3,(H,52,56)/b12-10+,15-14-,18-17-,21-20-,34-32+. The highest BCUT2D eigenvalue weighted by Crippen LogP contribution is 2.30. The summed E-state index contributed by atoms with van der Waals surface area (Å²) in [6.07, 6.45) is 28.6. The first kappa shape index (κ1) is 58.8. The summed E-state index contributed by atoms with van der Waals surface area (Å²) in [5, 5.41) is 86.4. The number of nitrogens with one attached hydrogen (secondary N) is 1. The maximum Gasteiger partial charge on any atom is 0.220 e. The molecule has 2 rings (SSSR count). The van der Waals surface area contributed by atoms with E-state index >= 15 is 0 Å². The highest BCUT2D eigenvalue weighted by atomic mass is 16.7. The van der Waals surface area contributed by atoms with Crippen molar-refractivity contribution in [3.05, 3.63) is 60.8 Å². The van der Waals surface area contributed by atoms with Gasteiger partial charge in [-0.3, -0.25) is 4.79 Å². The zero-order valence-corrected chi connectivity index (χ0v) is 39.7. The van der Waals surface area contributed by atoms with Gasteiger partial charge >= 0.3 is 0 Å². The van der Waals surface area contributed by atoms with Crippen LogP contribution in [0.2, 0.25) is 0 Å². The van der Waals surface area contributed by atoms with Crippen molar-refractivity contribution in [1.29, 1.82) is 0 Å². The van der Waals surface area contributed by atoms with Crippen LogP contribution in [0.3, 0.4) is 0 Å². The van der Waals surface area contributed by atoms with Gasteiger partial charge in [-0.25, -0.2) is 0 Å². The number of ether oxygens (including phenoxy) is 4. The molecule has 0 saturated carbocycles. The maximum atomic E-state index is 13.1. The molecular weight excluding hydrogens is 835 g/mol. The molecule has 0 aromatic rings. The minimum Gasteiger partial charge on any atom is -0.394 e. The maximum absolute atomic E-state index is 13.1. The van der Waals surface area contributed by atoms with Crippen molar-refractivity contribution in [3.63, 3.8) is 0 Å². The second-order valence-electron chi connectivity index (χ2n) is 17.6. The van der Waals surface area contributed by atoms with Crippen LogP contribution in [0.4, 0.5) is 0 Å². The van der Waals surface area contributed by atoms with E-state index in [2.05, 4.69) is 67.8 Å². The predicted molar refractivity (Wildman–Crippen MR) is 254 cm³/mol. The van der Waals surface area contributed by atoms with Crippen LogP contribution < -0.4 is 5.32 Å². The van der Waals surface area contributed by atoms with Gasteiger partial charge in [-0.15, -0.1) is 0 Å². The number of rotatable bonds is 37. The van der Waals surface area contributed by atoms with Gasteiger partial charge in [-0.1, -0.05) is 152 Å². The summed E-state index contributed by atoms with van der Waals surface area (Å²) in [5.74, 6) is -0.264. The Bertz CT molecular complexity index is 1320. The lowest BCUT2D eigenvalue weighted by atomic mass is 9.97. The molecular formula is C51H89NO13. The molecule has 0 radical (unpaired) electrons. The zero-order chi connectivity index (χ0) is 47.5. The second kappa shape index (κ2) is 37.6. The first-order chi connectivity index (χ1) is 31.6. The van der Waals surface area contributed by atoms with Crippen molar-refractivity contribution < 1.29 is 64.6 Å². The van der Waals surface area contributed by atoms with Crippen LogP contribution in [0.25, 0.3) is 0 Å². The summed E-state index contributed by atoms with van der Waals surface area (Å²) in [5.41, 5.74) is 0. The number of amides is 1. The number of carbonyl (C=O) groups is 1. The summed E-state index contributed by atoms with van der Waals surface area (Å²) < 4.78 is 22.6. The Kier molecular flexibility index (Phi) is 34.1. The summed E-state index contributed by atoms with van der Waals surface area (Å²) in [7, 11) is 0. The Morgan fingerprint density at radius 2 is 1.05 bits per heavy atom. The van der Waals surface area contributed by atoms with Gasteiger partial charge in [0.15, 0.2) is 12.6 Å². The van der Waals surface area contributed by atoms with Crippen LogP contribution >= 0.6 is 0 Å². The van der Waals surface area contributed by atoms with E-state index < -0.39 is 86.8 Å². The predicted octanol–water partition coefficient (Wildman–Crippen LogP) is 6.27. The third kappa shape index (κ3) is 25.0. The fourth-order valence-corrected chi connectivity index (χ4v) is 7.77. The molecule has 0 spiro atoms. The fraction of sp³-hybridized carbons (Fsp3) is 0.784. The SMILES string of the molecule is CCCC/C=C/CC/C=C/C(O)C(COC1OC(CO)C(OC2OC(CO)C(O)C(O)C2O)C(O)C1O)NC(=O)CCCCCCCCCC/C=C\C/C=C\C/C=C\CCCCCCC. The van der Waals surface area contributed by atoms with Gasteiger partial charge in [-0.2, -0.15) is 0 Å². The first-order valence-corrected chi connectivity index (χ1v) is 25.0. The van der Waals surface area contributed by atoms with Crippen LogP contribution in [0.5, 0.6) is 0 Å². The fourth-order valence-electron chi connectivity index (χ4n) is 7.77. The van der Waals surface area contributed by atoms with Crippen LogP contribution in [0.1, 0.15) is 162 Å². The average molecular weight is 924 g/mol. The Morgan fingerprint density at radius 1 is 0.554 bits per heavy atom. The molecule has 2 fully saturated rings. The monoisotopic (exact) mass is 924 g/mol. The van der Waals surface area contributed by atoms with Gasteiger partial charge in [0, 0.05) is 6.42 Å². The van der Waals surface area contributed by atoms with Gasteiger partial charge in [0.25, 0.3) is 0 Å². The van der Waals surface area contributed by atoms with Crippen LogP contribution in [-0.4, -0.2) is 140 Å². The van der Waals surface area contributed by atoms with E-state index in [1.807, 2.05) is 6.08 Å². The number of hydrogen-bond acceptors (Lipinski definition) is 13. The first-order valence-electron chi connectivity index (χ1n) is 25.0. The molecule has 14 heteroatoms. The van der Waals surface area contributed by atoms with Gasteiger partial charge in [0.05, 0.1) is 32.0 Å². The number of aliphatic hydroxyl groups excluding tert-OH is 8. The topological polar surface area (TPSA) is 228 Å². The van der Waals surface area contributed by atoms with E-state index in [0.717, 1.165) is 64.2 Å². The third-order valence-corrected chi connectivity index (χ3v) is 11.9. The van der Waals surface area contributed by atoms with Crippen molar-refractivity contribution in [2.24, 2.45) is 0 Å². The molecule has 0 aromatic heterocycles. The Morgan fingerprint density at radius 3 is 1.66 bits per heavy atom. The van der Waals surface area contributed by atoms with Crippen molar-refractivity contribution in [2.75, 3.05) is 19.8 Å². The number of allylic oxidation sites excluding steroid dienone is 9. The molecule has 0 bridgehead atoms. The van der Waals surface area contributed by atoms with Crippen LogP contribution in [0.15, 0.2) is 60.8 Å². The molecule has 9 N–H and O–H groups in total. The molecule has 2 aliphatic rings. The summed E-state index contributed by atoms with van der Waals surface area (Å²) in [6.45, 7) is 2.64. The van der Waals surface area contributed by atoms with E-state index in [9.17, 15) is 45.6 Å². The van der Waals surface area contributed by atoms with Gasteiger partial charge in [0.1, 0.15) is 48.8 Å². The largest absolute Gasteiger partial charge is 0.394 e. The molecule has 12 atom stereocenters. The van der Waals surface area contributed by atoms with Crippen molar-refractivity contribution in [1.82, 2.24) is 5.32 Å². The second-order valence-corrected chi connectivity index (χ2v) is 17.6. The van der Waals surface area contributed by atoms with Crippen LogP contribution in [-0.2, 0) is 23.7 Å².